The summed E-state index contributed by atoms with van der Waals surface area (Å²) in [4.78, 5) is 28.4. The van der Waals surface area contributed by atoms with Gasteiger partial charge in [0.25, 0.3) is 0 Å². The first kappa shape index (κ1) is 76.6. The van der Waals surface area contributed by atoms with Gasteiger partial charge in [-0.25, -0.2) is 0 Å². The van der Waals surface area contributed by atoms with Gasteiger partial charge in [0.05, 0.1) is 70.7 Å². The minimum Gasteiger partial charge on any atom is -0.457 e. The number of carbonyl (C=O) groups excluding carboxylic acids is 2. The van der Waals surface area contributed by atoms with Crippen LogP contribution in [0.2, 0.25) is 0 Å². The minimum atomic E-state index is -2.11. The highest BCUT2D eigenvalue weighted by Crippen LogP contribution is 2.76. The van der Waals surface area contributed by atoms with Gasteiger partial charge in [-0.05, 0) is 97.7 Å². The third-order valence-electron chi connectivity index (χ3n) is 24.9. The van der Waals surface area contributed by atoms with E-state index in [2.05, 4.69) is 40.7 Å². The van der Waals surface area contributed by atoms with Crippen LogP contribution in [0.15, 0.2) is 11.6 Å². The van der Waals surface area contributed by atoms with Gasteiger partial charge in [0, 0.05) is 12.3 Å². The summed E-state index contributed by atoms with van der Waals surface area (Å²) in [5.41, 5.74) is -6.71. The molecule has 6 saturated heterocycles. The van der Waals surface area contributed by atoms with Crippen molar-refractivity contribution in [1.82, 2.24) is 0 Å². The van der Waals surface area contributed by atoms with Crippen LogP contribution in [-0.2, 0) is 71.2 Å². The molecule has 0 bridgehead atoms. The minimum absolute atomic E-state index is 0.0586. The molecule has 0 aromatic rings. The zero-order valence-electron chi connectivity index (χ0n) is 56.3. The fraction of sp³-hybridized carbons (Fsp3) is 0.938. The molecule has 11 aliphatic rings. The Morgan fingerprint density at radius 3 is 1.78 bits per heavy atom. The van der Waals surface area contributed by atoms with Crippen molar-refractivity contribution in [2.24, 2.45) is 50.2 Å². The van der Waals surface area contributed by atoms with Gasteiger partial charge in [-0.15, -0.1) is 0 Å². The van der Waals surface area contributed by atoms with Crippen LogP contribution in [0.25, 0.3) is 0 Å². The second-order valence-electron chi connectivity index (χ2n) is 31.4. The molecule has 33 nitrogen and oxygen atoms in total. The highest BCUT2D eigenvalue weighted by molar-refractivity contribution is 5.80. The summed E-state index contributed by atoms with van der Waals surface area (Å²) in [6, 6.07) is 0. The summed E-state index contributed by atoms with van der Waals surface area (Å²) in [5.74, 6) is -3.10. The maximum Gasteiger partial charge on any atom is 0.317 e. The van der Waals surface area contributed by atoms with E-state index < -0.39 is 275 Å². The normalized spacial score (nSPS) is 54.1. The third-order valence-corrected chi connectivity index (χ3v) is 24.9. The van der Waals surface area contributed by atoms with Gasteiger partial charge in [-0.1, -0.05) is 53.2 Å². The first-order valence-corrected chi connectivity index (χ1v) is 34.1. The molecule has 6 heterocycles. The molecular formula is C65H104O33. The molecule has 5 aliphatic carbocycles. The molecule has 37 unspecified atom stereocenters. The van der Waals surface area contributed by atoms with E-state index in [1.165, 1.54) is 6.92 Å². The summed E-state index contributed by atoms with van der Waals surface area (Å²) in [5, 5.41) is 200. The number of rotatable bonds is 17. The quantitative estimate of drug-likeness (QED) is 0.0366. The number of ether oxygens (including phenoxy) is 13. The van der Waals surface area contributed by atoms with E-state index >= 15 is 4.79 Å². The molecule has 0 aromatic carbocycles. The van der Waals surface area contributed by atoms with E-state index in [1.54, 1.807) is 6.92 Å². The smallest absolute Gasteiger partial charge is 0.317 e. The summed E-state index contributed by atoms with van der Waals surface area (Å²) in [6.07, 6.45) is -42.3. The van der Waals surface area contributed by atoms with Crippen LogP contribution in [-0.4, -0.2) is 328 Å². The number of hydrogen-bond donors (Lipinski definition) is 18. The van der Waals surface area contributed by atoms with Crippen LogP contribution < -0.4 is 0 Å². The van der Waals surface area contributed by atoms with E-state index in [1.807, 2.05) is 0 Å². The van der Waals surface area contributed by atoms with Crippen molar-refractivity contribution in [3.63, 3.8) is 0 Å². The van der Waals surface area contributed by atoms with Crippen LogP contribution in [0.4, 0.5) is 0 Å². The lowest BCUT2D eigenvalue weighted by Gasteiger charge is -2.72. The first-order valence-electron chi connectivity index (χ1n) is 34.1. The molecule has 37 atom stereocenters. The first-order chi connectivity index (χ1) is 45.9. The van der Waals surface area contributed by atoms with Crippen LogP contribution >= 0.6 is 0 Å². The Bertz CT molecular complexity index is 2820. The molecular weight excluding hydrogens is 1310 g/mol. The van der Waals surface area contributed by atoms with Crippen molar-refractivity contribution in [1.29, 1.82) is 0 Å². The topological polar surface area (TPSA) is 518 Å². The summed E-state index contributed by atoms with van der Waals surface area (Å²) in [6.45, 7) is 10.0. The van der Waals surface area contributed by atoms with Crippen molar-refractivity contribution in [3.05, 3.63) is 11.6 Å². The predicted molar refractivity (Wildman–Crippen MR) is 322 cm³/mol. The molecule has 562 valence electrons. The molecule has 18 N–H and O–H groups in total. The van der Waals surface area contributed by atoms with Crippen LogP contribution in [0.3, 0.4) is 0 Å². The highest BCUT2D eigenvalue weighted by atomic mass is 16.8. The standard InChI is InChI=1S/C65H104O33/c1-25-45(93-52-42(80)46(31(73)21-86-52)94-57-50(83)64(85,23-69)24-88-57)48(90-26(2)70)44(82)54(89-25)96-49-37(75)30(72)20-87-56(49)98-58(84)65-14-13-59(3,4)15-28(65)27-9-10-35-60(5)16-29(71)51(61(6,22-68)34(60)11-12-62(35,7)63(27,8)17-36(65)74)97-55-43(81)47(39(77)33(19-67)92-55)95-53-41(79)40(78)38(76)32(18-66)91-53/h9,25,28-57,66-69,71-83,85H,10-24H2,1-8H3. The lowest BCUT2D eigenvalue weighted by molar-refractivity contribution is -0.375. The number of aliphatic hydroxyl groups excluding tert-OH is 17. The molecule has 4 saturated carbocycles. The maximum absolute atomic E-state index is 15.6. The Morgan fingerprint density at radius 1 is 0.541 bits per heavy atom. The fourth-order valence-electron chi connectivity index (χ4n) is 19.2. The zero-order valence-corrected chi connectivity index (χ0v) is 56.3. The lowest BCUT2D eigenvalue weighted by atomic mass is 9.33. The fourth-order valence-corrected chi connectivity index (χ4v) is 19.2. The zero-order chi connectivity index (χ0) is 71.6. The van der Waals surface area contributed by atoms with Gasteiger partial charge in [0.15, 0.2) is 43.7 Å². The number of aliphatic hydroxyl groups is 18. The number of fused-ring (bicyclic) bond motifs is 7. The molecule has 33 heteroatoms. The number of carbonyl (C=O) groups is 2. The molecule has 0 amide bonds. The molecule has 11 rings (SSSR count). The second kappa shape index (κ2) is 28.4. The molecule has 0 spiro atoms. The maximum atomic E-state index is 15.6. The average Bonchev–Trinajstić information content (AvgIpc) is 0.708. The van der Waals surface area contributed by atoms with E-state index in [9.17, 15) is 96.7 Å². The Morgan fingerprint density at radius 2 is 1.13 bits per heavy atom. The van der Waals surface area contributed by atoms with Gasteiger partial charge in [-0.2, -0.15) is 0 Å². The van der Waals surface area contributed by atoms with Gasteiger partial charge in [0.1, 0.15) is 109 Å². The lowest BCUT2D eigenvalue weighted by Crippen LogP contribution is -2.71. The van der Waals surface area contributed by atoms with Crippen molar-refractivity contribution in [2.75, 3.05) is 46.2 Å². The van der Waals surface area contributed by atoms with Crippen LogP contribution in [0.5, 0.6) is 0 Å². The summed E-state index contributed by atoms with van der Waals surface area (Å²) < 4.78 is 76.7. The van der Waals surface area contributed by atoms with Crippen molar-refractivity contribution < 1.29 is 163 Å². The Kier molecular flexibility index (Phi) is 22.2. The van der Waals surface area contributed by atoms with Crippen molar-refractivity contribution >= 4 is 11.9 Å². The Labute approximate surface area is 565 Å². The van der Waals surface area contributed by atoms with Crippen molar-refractivity contribution in [2.45, 2.75) is 284 Å². The van der Waals surface area contributed by atoms with E-state index in [4.69, 9.17) is 61.6 Å². The van der Waals surface area contributed by atoms with Crippen LogP contribution in [0, 0.1) is 50.2 Å². The van der Waals surface area contributed by atoms with Gasteiger partial charge >= 0.3 is 11.9 Å². The second-order valence-corrected chi connectivity index (χ2v) is 31.4. The largest absolute Gasteiger partial charge is 0.457 e. The number of allylic oxidation sites excluding steroid dienone is 2. The van der Waals surface area contributed by atoms with E-state index in [0.717, 1.165) is 12.5 Å². The Balaban J connectivity index is 0.811. The molecule has 0 radical (unpaired) electrons. The summed E-state index contributed by atoms with van der Waals surface area (Å²) in [7, 11) is 0. The monoisotopic (exact) mass is 1410 g/mol. The molecule has 0 aromatic heterocycles. The Hall–Kier alpha value is -2.48. The average molecular weight is 1410 g/mol. The summed E-state index contributed by atoms with van der Waals surface area (Å²) >= 11 is 0. The molecule has 98 heavy (non-hydrogen) atoms. The highest BCUT2D eigenvalue weighted by Gasteiger charge is 2.74. The molecule has 10 fully saturated rings. The van der Waals surface area contributed by atoms with Gasteiger partial charge in [-0.3, -0.25) is 9.59 Å². The predicted octanol–water partition coefficient (Wildman–Crippen LogP) is -5.96. The van der Waals surface area contributed by atoms with Crippen LogP contribution in [0.1, 0.15) is 107 Å². The molecule has 6 aliphatic heterocycles. The third kappa shape index (κ3) is 12.9. The number of esters is 2. The van der Waals surface area contributed by atoms with E-state index in [-0.39, 0.29) is 30.6 Å². The van der Waals surface area contributed by atoms with Gasteiger partial charge < -0.3 is 153 Å². The van der Waals surface area contributed by atoms with E-state index in [0.29, 0.717) is 32.1 Å². The van der Waals surface area contributed by atoms with Gasteiger partial charge in [0.2, 0.25) is 6.29 Å². The SMILES string of the molecule is CC(=O)OC1C(O)C(OC2C(OC(=O)C34CCC(C)(C)CC3C3=CCC5C6(C)CC(O)C(OC7OC(CO)C(O)C(OC8OC(CO)C(O)C(O)C8O)C7O)C(C)(CO)C6CCC5(C)C3(C)CC4O)OCC(O)C2O)OC(C)C1OC1OCC(O)C(OC2OCC(O)(CO)C2O)C1O. The number of hydrogen-bond acceptors (Lipinski definition) is 33. The van der Waals surface area contributed by atoms with Crippen molar-refractivity contribution in [3.8, 4) is 0 Å².